The number of nitrogens with zero attached hydrogens (tertiary/aromatic N) is 1. The van der Waals surface area contributed by atoms with Gasteiger partial charge in [0.25, 0.3) is 0 Å². The minimum Gasteiger partial charge on any atom is -0.491 e. The number of aryl methyl sites for hydroxylation is 1. The molecule has 1 fully saturated rings. The van der Waals surface area contributed by atoms with Gasteiger partial charge in [-0.2, -0.15) is 0 Å². The average molecular weight is 311 g/mol. The Morgan fingerprint density at radius 3 is 2.78 bits per heavy atom. The molecule has 1 saturated heterocycles. The summed E-state index contributed by atoms with van der Waals surface area (Å²) in [5.41, 5.74) is 2.57. The molecule has 1 aliphatic rings. The SMILES string of the molecule is Cc1cccc(OC[C@@H](O)CN2CC[C@H](c3ccccc3)C2)c1. The van der Waals surface area contributed by atoms with Crippen molar-refractivity contribution in [3.8, 4) is 5.75 Å². The van der Waals surface area contributed by atoms with E-state index in [-0.39, 0.29) is 0 Å². The van der Waals surface area contributed by atoms with Gasteiger partial charge in [-0.1, -0.05) is 42.5 Å². The van der Waals surface area contributed by atoms with Crippen molar-refractivity contribution in [1.29, 1.82) is 0 Å². The van der Waals surface area contributed by atoms with Crippen LogP contribution in [0.15, 0.2) is 54.6 Å². The van der Waals surface area contributed by atoms with Gasteiger partial charge in [-0.25, -0.2) is 0 Å². The summed E-state index contributed by atoms with van der Waals surface area (Å²) < 4.78 is 5.69. The third kappa shape index (κ3) is 4.57. The lowest BCUT2D eigenvalue weighted by molar-refractivity contribution is 0.0754. The van der Waals surface area contributed by atoms with Crippen molar-refractivity contribution in [2.45, 2.75) is 25.4 Å². The van der Waals surface area contributed by atoms with Crippen LogP contribution < -0.4 is 4.74 Å². The number of rotatable bonds is 6. The zero-order valence-electron chi connectivity index (χ0n) is 13.7. The van der Waals surface area contributed by atoms with Gasteiger partial charge < -0.3 is 14.7 Å². The van der Waals surface area contributed by atoms with Crippen LogP contribution in [-0.2, 0) is 0 Å². The lowest BCUT2D eigenvalue weighted by atomic mass is 9.99. The number of benzene rings is 2. The van der Waals surface area contributed by atoms with E-state index in [4.69, 9.17) is 4.74 Å². The number of β-amino-alcohol motifs (C(OH)–C–C–N with tert-alkyl or cyclic N) is 1. The van der Waals surface area contributed by atoms with Crippen molar-refractivity contribution < 1.29 is 9.84 Å². The minimum absolute atomic E-state index is 0.343. The first kappa shape index (κ1) is 16.0. The van der Waals surface area contributed by atoms with Gasteiger partial charge in [-0.05, 0) is 49.1 Å². The zero-order valence-corrected chi connectivity index (χ0v) is 13.7. The van der Waals surface area contributed by atoms with Crippen LogP contribution in [0.25, 0.3) is 0 Å². The van der Waals surface area contributed by atoms with Crippen molar-refractivity contribution >= 4 is 0 Å². The predicted octanol–water partition coefficient (Wildman–Crippen LogP) is 3.22. The first-order chi connectivity index (χ1) is 11.2. The molecule has 122 valence electrons. The number of aliphatic hydroxyl groups is 1. The molecule has 1 aliphatic heterocycles. The highest BCUT2D eigenvalue weighted by Gasteiger charge is 2.25. The summed E-state index contributed by atoms with van der Waals surface area (Å²) in [4.78, 5) is 2.34. The summed E-state index contributed by atoms with van der Waals surface area (Å²) >= 11 is 0. The Bertz CT molecular complexity index is 614. The van der Waals surface area contributed by atoms with Gasteiger partial charge in [-0.3, -0.25) is 0 Å². The van der Waals surface area contributed by atoms with E-state index in [1.54, 1.807) is 0 Å². The van der Waals surface area contributed by atoms with E-state index in [1.807, 2.05) is 31.2 Å². The highest BCUT2D eigenvalue weighted by Crippen LogP contribution is 2.26. The molecule has 3 heteroatoms. The van der Waals surface area contributed by atoms with E-state index >= 15 is 0 Å². The second kappa shape index (κ2) is 7.62. The Hall–Kier alpha value is -1.84. The van der Waals surface area contributed by atoms with E-state index in [1.165, 1.54) is 11.1 Å². The van der Waals surface area contributed by atoms with Crippen molar-refractivity contribution in [3.05, 3.63) is 65.7 Å². The van der Waals surface area contributed by atoms with Crippen LogP contribution in [0.2, 0.25) is 0 Å². The Kier molecular flexibility index (Phi) is 5.31. The maximum absolute atomic E-state index is 10.2. The second-order valence-corrected chi connectivity index (χ2v) is 6.44. The van der Waals surface area contributed by atoms with Gasteiger partial charge in [-0.15, -0.1) is 0 Å². The molecular weight excluding hydrogens is 286 g/mol. The summed E-state index contributed by atoms with van der Waals surface area (Å²) in [6, 6.07) is 18.6. The van der Waals surface area contributed by atoms with Gasteiger partial charge in [0.2, 0.25) is 0 Å². The molecule has 1 heterocycles. The molecule has 0 spiro atoms. The second-order valence-electron chi connectivity index (χ2n) is 6.44. The van der Waals surface area contributed by atoms with Gasteiger partial charge >= 0.3 is 0 Å². The fourth-order valence-corrected chi connectivity index (χ4v) is 3.24. The molecule has 0 aromatic heterocycles. The van der Waals surface area contributed by atoms with Crippen molar-refractivity contribution in [3.63, 3.8) is 0 Å². The Labute approximate surface area is 138 Å². The molecule has 0 bridgehead atoms. The van der Waals surface area contributed by atoms with Crippen LogP contribution in [0.3, 0.4) is 0 Å². The van der Waals surface area contributed by atoms with E-state index in [0.29, 0.717) is 19.1 Å². The Morgan fingerprint density at radius 1 is 1.17 bits per heavy atom. The molecule has 3 nitrogen and oxygen atoms in total. The molecule has 0 amide bonds. The van der Waals surface area contributed by atoms with Gasteiger partial charge in [0.05, 0.1) is 0 Å². The van der Waals surface area contributed by atoms with Crippen LogP contribution in [0.1, 0.15) is 23.5 Å². The molecule has 3 rings (SSSR count). The van der Waals surface area contributed by atoms with Gasteiger partial charge in [0.15, 0.2) is 0 Å². The monoisotopic (exact) mass is 311 g/mol. The molecule has 0 radical (unpaired) electrons. The topological polar surface area (TPSA) is 32.7 Å². The molecule has 2 aromatic rings. The summed E-state index contributed by atoms with van der Waals surface area (Å²) in [7, 11) is 0. The maximum Gasteiger partial charge on any atom is 0.119 e. The largest absolute Gasteiger partial charge is 0.491 e. The molecule has 0 saturated carbocycles. The zero-order chi connectivity index (χ0) is 16.1. The molecule has 0 aliphatic carbocycles. The average Bonchev–Trinajstić information content (AvgIpc) is 3.02. The third-order valence-corrected chi connectivity index (χ3v) is 4.44. The third-order valence-electron chi connectivity index (χ3n) is 4.44. The number of likely N-dealkylation sites (tertiary alicyclic amines) is 1. The van der Waals surface area contributed by atoms with E-state index in [2.05, 4.69) is 35.2 Å². The lowest BCUT2D eigenvalue weighted by Gasteiger charge is -2.20. The van der Waals surface area contributed by atoms with Crippen molar-refractivity contribution in [1.82, 2.24) is 4.90 Å². The molecule has 2 aromatic carbocycles. The Morgan fingerprint density at radius 2 is 2.00 bits per heavy atom. The number of aliphatic hydroxyl groups excluding tert-OH is 1. The van der Waals surface area contributed by atoms with E-state index < -0.39 is 6.10 Å². The number of hydrogen-bond acceptors (Lipinski definition) is 3. The Balaban J connectivity index is 1.45. The summed E-state index contributed by atoms with van der Waals surface area (Å²) in [5, 5.41) is 10.2. The smallest absolute Gasteiger partial charge is 0.119 e. The predicted molar refractivity (Wildman–Crippen MR) is 92.9 cm³/mol. The normalized spacial score (nSPS) is 19.7. The summed E-state index contributed by atoms with van der Waals surface area (Å²) in [6.45, 7) is 5.12. The summed E-state index contributed by atoms with van der Waals surface area (Å²) in [6.07, 6.45) is 0.709. The van der Waals surface area contributed by atoms with Crippen molar-refractivity contribution in [2.24, 2.45) is 0 Å². The number of ether oxygens (including phenoxy) is 1. The van der Waals surface area contributed by atoms with Gasteiger partial charge in [0, 0.05) is 13.1 Å². The van der Waals surface area contributed by atoms with Crippen LogP contribution in [0.5, 0.6) is 5.75 Å². The molecular formula is C20H25NO2. The standard InChI is InChI=1S/C20H25NO2/c1-16-6-5-9-20(12-16)23-15-19(22)14-21-11-10-18(13-21)17-7-3-2-4-8-17/h2-9,12,18-19,22H,10-11,13-15H2,1H3/t18-,19-/m0/s1. The quantitative estimate of drug-likeness (QED) is 0.889. The van der Waals surface area contributed by atoms with Crippen LogP contribution in [-0.4, -0.2) is 42.4 Å². The highest BCUT2D eigenvalue weighted by molar-refractivity contribution is 5.27. The summed E-state index contributed by atoms with van der Waals surface area (Å²) in [5.74, 6) is 1.41. The molecule has 1 N–H and O–H groups in total. The lowest BCUT2D eigenvalue weighted by Crippen LogP contribution is -2.34. The first-order valence-corrected chi connectivity index (χ1v) is 8.35. The van der Waals surface area contributed by atoms with Crippen LogP contribution in [0, 0.1) is 6.92 Å². The van der Waals surface area contributed by atoms with E-state index in [0.717, 1.165) is 25.3 Å². The molecule has 0 unspecified atom stereocenters. The van der Waals surface area contributed by atoms with Crippen LogP contribution >= 0.6 is 0 Å². The fraction of sp³-hybridized carbons (Fsp3) is 0.400. The van der Waals surface area contributed by atoms with Crippen LogP contribution in [0.4, 0.5) is 0 Å². The highest BCUT2D eigenvalue weighted by atomic mass is 16.5. The minimum atomic E-state index is -0.454. The van der Waals surface area contributed by atoms with E-state index in [9.17, 15) is 5.11 Å². The number of hydrogen-bond donors (Lipinski definition) is 1. The van der Waals surface area contributed by atoms with Gasteiger partial charge in [0.1, 0.15) is 18.5 Å². The fourth-order valence-electron chi connectivity index (χ4n) is 3.24. The molecule has 23 heavy (non-hydrogen) atoms. The van der Waals surface area contributed by atoms with Crippen molar-refractivity contribution in [2.75, 3.05) is 26.2 Å². The molecule has 2 atom stereocenters. The first-order valence-electron chi connectivity index (χ1n) is 8.35. The maximum atomic E-state index is 10.2.